The standard InChI is InChI=1S/C15H26N2O/c1-5-13-6-8-14(9-7-13)12(2)16-10-15(18)11-17(3)4/h6-9,12,15-16,18H,5,10-11H2,1-4H3. The molecule has 0 aliphatic carbocycles. The molecule has 2 atom stereocenters. The van der Waals surface area contributed by atoms with E-state index in [0.717, 1.165) is 6.42 Å². The number of likely N-dealkylation sites (N-methyl/N-ethyl adjacent to an activating group) is 1. The molecule has 3 heteroatoms. The summed E-state index contributed by atoms with van der Waals surface area (Å²) in [6, 6.07) is 8.93. The number of aliphatic hydroxyl groups excluding tert-OH is 1. The number of nitrogens with one attached hydrogen (secondary N) is 1. The van der Waals surface area contributed by atoms with Crippen LogP contribution in [-0.2, 0) is 6.42 Å². The summed E-state index contributed by atoms with van der Waals surface area (Å²) in [4.78, 5) is 1.99. The number of rotatable bonds is 7. The molecule has 0 spiro atoms. The molecule has 1 aromatic rings. The second-order valence-corrected chi connectivity index (χ2v) is 5.14. The third kappa shape index (κ3) is 5.17. The summed E-state index contributed by atoms with van der Waals surface area (Å²) < 4.78 is 0. The lowest BCUT2D eigenvalue weighted by molar-refractivity contribution is 0.132. The lowest BCUT2D eigenvalue weighted by Gasteiger charge is -2.20. The van der Waals surface area contributed by atoms with Gasteiger partial charge in [0.15, 0.2) is 0 Å². The number of nitrogens with zero attached hydrogens (tertiary/aromatic N) is 1. The molecule has 102 valence electrons. The highest BCUT2D eigenvalue weighted by Crippen LogP contribution is 2.13. The van der Waals surface area contributed by atoms with Crippen LogP contribution in [0.2, 0.25) is 0 Å². The van der Waals surface area contributed by atoms with Crippen LogP contribution in [0.1, 0.15) is 31.0 Å². The molecule has 1 aromatic carbocycles. The lowest BCUT2D eigenvalue weighted by atomic mass is 10.0. The maximum absolute atomic E-state index is 9.79. The van der Waals surface area contributed by atoms with Crippen LogP contribution in [0.15, 0.2) is 24.3 Å². The average molecular weight is 250 g/mol. The van der Waals surface area contributed by atoms with Crippen molar-refractivity contribution in [1.82, 2.24) is 10.2 Å². The predicted octanol–water partition coefficient (Wildman–Crippen LogP) is 1.82. The van der Waals surface area contributed by atoms with Crippen LogP contribution in [0.5, 0.6) is 0 Å². The lowest BCUT2D eigenvalue weighted by Crippen LogP contribution is -2.36. The van der Waals surface area contributed by atoms with Crippen LogP contribution < -0.4 is 5.32 Å². The van der Waals surface area contributed by atoms with E-state index in [1.165, 1.54) is 11.1 Å². The minimum Gasteiger partial charge on any atom is -0.390 e. The Kier molecular flexibility index (Phi) is 6.33. The molecule has 0 saturated carbocycles. The highest BCUT2D eigenvalue weighted by atomic mass is 16.3. The van der Waals surface area contributed by atoms with Crippen molar-refractivity contribution in [2.75, 3.05) is 27.2 Å². The van der Waals surface area contributed by atoms with Gasteiger partial charge in [-0.05, 0) is 38.6 Å². The molecule has 0 heterocycles. The van der Waals surface area contributed by atoms with Crippen LogP contribution in [-0.4, -0.2) is 43.3 Å². The summed E-state index contributed by atoms with van der Waals surface area (Å²) >= 11 is 0. The van der Waals surface area contributed by atoms with Crippen LogP contribution in [0.3, 0.4) is 0 Å². The van der Waals surface area contributed by atoms with Crippen molar-refractivity contribution < 1.29 is 5.11 Å². The van der Waals surface area contributed by atoms with Crippen LogP contribution in [0.4, 0.5) is 0 Å². The number of aliphatic hydroxyl groups is 1. The van der Waals surface area contributed by atoms with E-state index in [9.17, 15) is 5.11 Å². The fraction of sp³-hybridized carbons (Fsp3) is 0.600. The monoisotopic (exact) mass is 250 g/mol. The van der Waals surface area contributed by atoms with Crippen LogP contribution in [0, 0.1) is 0 Å². The van der Waals surface area contributed by atoms with Crippen molar-refractivity contribution in [3.63, 3.8) is 0 Å². The Hall–Kier alpha value is -0.900. The van der Waals surface area contributed by atoms with Gasteiger partial charge in [-0.3, -0.25) is 0 Å². The van der Waals surface area contributed by atoms with E-state index >= 15 is 0 Å². The third-order valence-electron chi connectivity index (χ3n) is 3.12. The van der Waals surface area contributed by atoms with E-state index in [2.05, 4.69) is 43.4 Å². The highest BCUT2D eigenvalue weighted by molar-refractivity contribution is 5.24. The Balaban J connectivity index is 2.42. The van der Waals surface area contributed by atoms with Crippen molar-refractivity contribution >= 4 is 0 Å². The second kappa shape index (κ2) is 7.52. The zero-order valence-corrected chi connectivity index (χ0v) is 12.0. The van der Waals surface area contributed by atoms with E-state index in [-0.39, 0.29) is 12.1 Å². The molecule has 18 heavy (non-hydrogen) atoms. The molecule has 0 fully saturated rings. The normalized spacial score (nSPS) is 14.8. The summed E-state index contributed by atoms with van der Waals surface area (Å²) in [5.41, 5.74) is 2.63. The van der Waals surface area contributed by atoms with Crippen LogP contribution in [0.25, 0.3) is 0 Å². The molecule has 1 rings (SSSR count). The highest BCUT2D eigenvalue weighted by Gasteiger charge is 2.09. The first-order valence-corrected chi connectivity index (χ1v) is 6.68. The molecular weight excluding hydrogens is 224 g/mol. The maximum Gasteiger partial charge on any atom is 0.0791 e. The first-order chi connectivity index (χ1) is 8.52. The van der Waals surface area contributed by atoms with Gasteiger partial charge in [-0.25, -0.2) is 0 Å². The summed E-state index contributed by atoms with van der Waals surface area (Å²) in [6.07, 6.45) is 0.751. The Morgan fingerprint density at radius 3 is 2.33 bits per heavy atom. The van der Waals surface area contributed by atoms with Gasteiger partial charge in [0.2, 0.25) is 0 Å². The van der Waals surface area contributed by atoms with Crippen molar-refractivity contribution in [1.29, 1.82) is 0 Å². The van der Waals surface area contributed by atoms with Gasteiger partial charge in [-0.2, -0.15) is 0 Å². The van der Waals surface area contributed by atoms with Crippen molar-refractivity contribution in [3.8, 4) is 0 Å². The maximum atomic E-state index is 9.79. The first kappa shape index (κ1) is 15.2. The minimum atomic E-state index is -0.322. The first-order valence-electron chi connectivity index (χ1n) is 6.68. The summed E-state index contributed by atoms with van der Waals surface area (Å²) in [5.74, 6) is 0. The van der Waals surface area contributed by atoms with Gasteiger partial charge < -0.3 is 15.3 Å². The van der Waals surface area contributed by atoms with Crippen LogP contribution >= 0.6 is 0 Å². The van der Waals surface area contributed by atoms with E-state index in [0.29, 0.717) is 13.1 Å². The molecule has 0 amide bonds. The molecule has 0 radical (unpaired) electrons. The second-order valence-electron chi connectivity index (χ2n) is 5.14. The largest absolute Gasteiger partial charge is 0.390 e. The van der Waals surface area contributed by atoms with Gasteiger partial charge >= 0.3 is 0 Å². The van der Waals surface area contributed by atoms with E-state index < -0.39 is 0 Å². The molecule has 3 nitrogen and oxygen atoms in total. The average Bonchev–Trinajstić information content (AvgIpc) is 2.35. The number of hydrogen-bond acceptors (Lipinski definition) is 3. The topological polar surface area (TPSA) is 35.5 Å². The Morgan fingerprint density at radius 1 is 1.22 bits per heavy atom. The zero-order chi connectivity index (χ0) is 13.5. The number of benzene rings is 1. The van der Waals surface area contributed by atoms with Crippen molar-refractivity contribution in [2.24, 2.45) is 0 Å². The molecule has 0 aromatic heterocycles. The summed E-state index contributed by atoms with van der Waals surface area (Å²) in [6.45, 7) is 5.60. The molecule has 0 aliphatic heterocycles. The van der Waals surface area contributed by atoms with E-state index in [1.54, 1.807) is 0 Å². The van der Waals surface area contributed by atoms with Crippen molar-refractivity contribution in [3.05, 3.63) is 35.4 Å². The fourth-order valence-corrected chi connectivity index (χ4v) is 1.96. The van der Waals surface area contributed by atoms with E-state index in [4.69, 9.17) is 0 Å². The molecule has 0 saturated heterocycles. The van der Waals surface area contributed by atoms with E-state index in [1.807, 2.05) is 19.0 Å². The summed E-state index contributed by atoms with van der Waals surface area (Å²) in [7, 11) is 3.94. The van der Waals surface area contributed by atoms with Gasteiger partial charge in [0.1, 0.15) is 0 Å². The number of aryl methyl sites for hydroxylation is 1. The molecule has 0 bridgehead atoms. The Morgan fingerprint density at radius 2 is 1.83 bits per heavy atom. The predicted molar refractivity (Wildman–Crippen MR) is 76.8 cm³/mol. The third-order valence-corrected chi connectivity index (χ3v) is 3.12. The van der Waals surface area contributed by atoms with Gasteiger partial charge in [-0.1, -0.05) is 31.2 Å². The minimum absolute atomic E-state index is 0.271. The fourth-order valence-electron chi connectivity index (χ4n) is 1.96. The van der Waals surface area contributed by atoms with Crippen molar-refractivity contribution in [2.45, 2.75) is 32.4 Å². The Bertz CT molecular complexity index is 335. The molecule has 2 N–H and O–H groups in total. The quantitative estimate of drug-likeness (QED) is 0.775. The SMILES string of the molecule is CCc1ccc(C(C)NCC(O)CN(C)C)cc1. The smallest absolute Gasteiger partial charge is 0.0791 e. The zero-order valence-electron chi connectivity index (χ0n) is 12.0. The summed E-state index contributed by atoms with van der Waals surface area (Å²) in [5, 5.41) is 13.2. The van der Waals surface area contributed by atoms with Gasteiger partial charge in [-0.15, -0.1) is 0 Å². The molecular formula is C15H26N2O. The number of hydrogen-bond donors (Lipinski definition) is 2. The molecule has 2 unspecified atom stereocenters. The Labute approximate surface area is 111 Å². The van der Waals surface area contributed by atoms with Gasteiger partial charge in [0.25, 0.3) is 0 Å². The molecule has 0 aliphatic rings. The van der Waals surface area contributed by atoms with Gasteiger partial charge in [0, 0.05) is 19.1 Å². The van der Waals surface area contributed by atoms with Gasteiger partial charge in [0.05, 0.1) is 6.10 Å².